The van der Waals surface area contributed by atoms with Crippen LogP contribution >= 0.6 is 0 Å². The smallest absolute Gasteiger partial charge is 0.251 e. The molecule has 140 valence electrons. The maximum absolute atomic E-state index is 12.5. The van der Waals surface area contributed by atoms with E-state index in [1.165, 1.54) is 0 Å². The van der Waals surface area contributed by atoms with Crippen LogP contribution in [0.25, 0.3) is 11.0 Å². The second kappa shape index (κ2) is 7.84. The van der Waals surface area contributed by atoms with E-state index in [2.05, 4.69) is 5.32 Å². The zero-order valence-corrected chi connectivity index (χ0v) is 15.3. The molecule has 2 atom stereocenters. The molecular weight excluding hydrogens is 342 g/mol. The van der Waals surface area contributed by atoms with E-state index in [1.807, 2.05) is 49.4 Å². The maximum atomic E-state index is 12.5. The van der Waals surface area contributed by atoms with Crippen LogP contribution in [0.1, 0.15) is 41.9 Å². The summed E-state index contributed by atoms with van der Waals surface area (Å²) in [5.41, 5.74) is 1.41. The van der Waals surface area contributed by atoms with Gasteiger partial charge in [0.2, 0.25) is 0 Å². The molecule has 1 N–H and O–H groups in total. The maximum Gasteiger partial charge on any atom is 0.251 e. The average Bonchev–Trinajstić information content (AvgIpc) is 3.36. The van der Waals surface area contributed by atoms with Gasteiger partial charge in [0.15, 0.2) is 0 Å². The van der Waals surface area contributed by atoms with Crippen LogP contribution in [-0.4, -0.2) is 25.2 Å². The fraction of sp³-hybridized carbons (Fsp3) is 0.318. The number of ether oxygens (including phenoxy) is 2. The molecule has 1 fully saturated rings. The van der Waals surface area contributed by atoms with Crippen molar-refractivity contribution in [3.05, 3.63) is 65.9 Å². The topological polar surface area (TPSA) is 60.7 Å². The normalized spacial score (nSPS) is 17.7. The number of hydrogen-bond donors (Lipinski definition) is 1. The van der Waals surface area contributed by atoms with E-state index < -0.39 is 0 Å². The van der Waals surface area contributed by atoms with Gasteiger partial charge in [0.25, 0.3) is 5.91 Å². The quantitative estimate of drug-likeness (QED) is 0.700. The molecule has 1 amide bonds. The number of rotatable bonds is 6. The summed E-state index contributed by atoms with van der Waals surface area (Å²) in [4.78, 5) is 12.5. The second-order valence-corrected chi connectivity index (χ2v) is 6.85. The number of furan rings is 1. The molecule has 5 nitrogen and oxygen atoms in total. The second-order valence-electron chi connectivity index (χ2n) is 6.85. The van der Waals surface area contributed by atoms with Gasteiger partial charge in [0.05, 0.1) is 12.1 Å². The fourth-order valence-electron chi connectivity index (χ4n) is 3.23. The largest absolute Gasteiger partial charge is 0.491 e. The monoisotopic (exact) mass is 365 g/mol. The third-order valence-corrected chi connectivity index (χ3v) is 4.80. The summed E-state index contributed by atoms with van der Waals surface area (Å²) in [6, 6.07) is 16.7. The molecule has 5 heteroatoms. The molecule has 2 unspecified atom stereocenters. The van der Waals surface area contributed by atoms with E-state index in [0.717, 1.165) is 41.9 Å². The lowest BCUT2D eigenvalue weighted by atomic mass is 10.1. The molecule has 0 radical (unpaired) electrons. The fourth-order valence-corrected chi connectivity index (χ4v) is 3.23. The molecule has 1 saturated heterocycles. The van der Waals surface area contributed by atoms with Crippen LogP contribution in [0.15, 0.2) is 59.0 Å². The van der Waals surface area contributed by atoms with Gasteiger partial charge in [-0.1, -0.05) is 18.2 Å². The number of hydrogen-bond acceptors (Lipinski definition) is 4. The van der Waals surface area contributed by atoms with Gasteiger partial charge in [-0.25, -0.2) is 0 Å². The molecule has 0 bridgehead atoms. The van der Waals surface area contributed by atoms with Crippen molar-refractivity contribution in [3.8, 4) is 5.75 Å². The molecule has 1 aliphatic rings. The predicted octanol–water partition coefficient (Wildman–Crippen LogP) is 4.48. The van der Waals surface area contributed by atoms with Crippen LogP contribution in [0.5, 0.6) is 5.75 Å². The lowest BCUT2D eigenvalue weighted by Gasteiger charge is -2.13. The highest BCUT2D eigenvalue weighted by Gasteiger charge is 2.17. The third-order valence-electron chi connectivity index (χ3n) is 4.80. The Hall–Kier alpha value is -2.79. The first-order valence-electron chi connectivity index (χ1n) is 9.33. The van der Waals surface area contributed by atoms with Gasteiger partial charge in [0, 0.05) is 17.6 Å². The van der Waals surface area contributed by atoms with Crippen LogP contribution in [0.4, 0.5) is 0 Å². The molecule has 27 heavy (non-hydrogen) atoms. The van der Waals surface area contributed by atoms with E-state index in [9.17, 15) is 4.79 Å². The lowest BCUT2D eigenvalue weighted by molar-refractivity contribution is 0.0679. The molecule has 0 saturated carbocycles. The molecule has 0 spiro atoms. The highest BCUT2D eigenvalue weighted by atomic mass is 16.5. The minimum absolute atomic E-state index is 0.145. The number of nitrogens with one attached hydrogen (secondary N) is 1. The molecule has 1 aromatic heterocycles. The number of amides is 1. The van der Waals surface area contributed by atoms with Gasteiger partial charge in [-0.05, 0) is 56.2 Å². The first kappa shape index (κ1) is 17.6. The lowest BCUT2D eigenvalue weighted by Crippen LogP contribution is -2.26. The van der Waals surface area contributed by atoms with Crippen LogP contribution in [0, 0.1) is 0 Å². The SMILES string of the molecule is CC(NC(=O)c1ccc(OCC2CCCO2)cc1)c1cc2ccccc2o1. The average molecular weight is 365 g/mol. The first-order chi connectivity index (χ1) is 13.2. The first-order valence-corrected chi connectivity index (χ1v) is 9.33. The Morgan fingerprint density at radius 2 is 2.04 bits per heavy atom. The third kappa shape index (κ3) is 4.14. The number of carbonyl (C=O) groups is 1. The number of fused-ring (bicyclic) bond motifs is 1. The number of para-hydroxylation sites is 1. The van der Waals surface area contributed by atoms with Gasteiger partial charge in [-0.15, -0.1) is 0 Å². The Balaban J connectivity index is 1.35. The Bertz CT molecular complexity index is 876. The van der Waals surface area contributed by atoms with Crippen LogP contribution in [-0.2, 0) is 4.74 Å². The highest BCUT2D eigenvalue weighted by Crippen LogP contribution is 2.24. The van der Waals surface area contributed by atoms with Crippen molar-refractivity contribution < 1.29 is 18.7 Å². The summed E-state index contributed by atoms with van der Waals surface area (Å²) in [5, 5.41) is 4.01. The van der Waals surface area contributed by atoms with Crippen LogP contribution in [0.3, 0.4) is 0 Å². The number of benzene rings is 2. The van der Waals surface area contributed by atoms with E-state index in [1.54, 1.807) is 12.1 Å². The molecule has 4 rings (SSSR count). The summed E-state index contributed by atoms with van der Waals surface area (Å²) in [5.74, 6) is 1.34. The van der Waals surface area contributed by atoms with Crippen LogP contribution in [0.2, 0.25) is 0 Å². The van der Waals surface area contributed by atoms with Crippen molar-refractivity contribution in [2.45, 2.75) is 31.9 Å². The van der Waals surface area contributed by atoms with E-state index >= 15 is 0 Å². The Morgan fingerprint density at radius 3 is 2.78 bits per heavy atom. The molecule has 1 aliphatic heterocycles. The van der Waals surface area contributed by atoms with E-state index in [-0.39, 0.29) is 18.1 Å². The standard InChI is InChI=1S/C22H23NO4/c1-15(21-13-17-5-2-3-7-20(17)27-21)23-22(24)16-8-10-18(11-9-16)26-14-19-6-4-12-25-19/h2-3,5,7-11,13,15,19H,4,6,12,14H2,1H3,(H,23,24). The summed E-state index contributed by atoms with van der Waals surface area (Å²) in [7, 11) is 0. The van der Waals surface area contributed by atoms with Crippen molar-refractivity contribution in [1.29, 1.82) is 0 Å². The summed E-state index contributed by atoms with van der Waals surface area (Å²) < 4.78 is 17.1. The molecule has 2 heterocycles. The van der Waals surface area contributed by atoms with Gasteiger partial charge in [-0.2, -0.15) is 0 Å². The molecular formula is C22H23NO4. The van der Waals surface area contributed by atoms with Gasteiger partial charge < -0.3 is 19.2 Å². The van der Waals surface area contributed by atoms with Crippen molar-refractivity contribution >= 4 is 16.9 Å². The molecule has 2 aromatic carbocycles. The minimum atomic E-state index is -0.222. The zero-order chi connectivity index (χ0) is 18.6. The predicted molar refractivity (Wildman–Crippen MR) is 103 cm³/mol. The summed E-state index contributed by atoms with van der Waals surface area (Å²) in [6.07, 6.45) is 2.31. The zero-order valence-electron chi connectivity index (χ0n) is 15.3. The van der Waals surface area contributed by atoms with Gasteiger partial charge in [0.1, 0.15) is 23.7 Å². The van der Waals surface area contributed by atoms with Gasteiger partial charge >= 0.3 is 0 Å². The van der Waals surface area contributed by atoms with Crippen LogP contribution < -0.4 is 10.1 Å². The van der Waals surface area contributed by atoms with Crippen molar-refractivity contribution in [2.24, 2.45) is 0 Å². The molecule has 3 aromatic rings. The summed E-state index contributed by atoms with van der Waals surface area (Å²) >= 11 is 0. The van der Waals surface area contributed by atoms with Crippen molar-refractivity contribution in [3.63, 3.8) is 0 Å². The number of carbonyl (C=O) groups excluding carboxylic acids is 1. The van der Waals surface area contributed by atoms with Crippen molar-refractivity contribution in [1.82, 2.24) is 5.32 Å². The Morgan fingerprint density at radius 1 is 1.22 bits per heavy atom. The van der Waals surface area contributed by atoms with Gasteiger partial charge in [-0.3, -0.25) is 4.79 Å². The Kier molecular flexibility index (Phi) is 5.12. The Labute approximate surface area is 158 Å². The van der Waals surface area contributed by atoms with Crippen molar-refractivity contribution in [2.75, 3.05) is 13.2 Å². The molecule has 0 aliphatic carbocycles. The summed E-state index contributed by atoms with van der Waals surface area (Å²) in [6.45, 7) is 3.28. The van der Waals surface area contributed by atoms with E-state index in [4.69, 9.17) is 13.9 Å². The van der Waals surface area contributed by atoms with E-state index in [0.29, 0.717) is 12.2 Å². The minimum Gasteiger partial charge on any atom is -0.491 e. The highest BCUT2D eigenvalue weighted by molar-refractivity contribution is 5.94.